The molecule has 0 unspecified atom stereocenters. The monoisotopic (exact) mass is 244 g/mol. The van der Waals surface area contributed by atoms with Crippen LogP contribution in [-0.4, -0.2) is 18.6 Å². The van der Waals surface area contributed by atoms with E-state index in [0.717, 1.165) is 12.8 Å². The van der Waals surface area contributed by atoms with E-state index in [1.54, 1.807) is 0 Å². The molecule has 0 atom stereocenters. The lowest BCUT2D eigenvalue weighted by molar-refractivity contribution is -0.126. The summed E-state index contributed by atoms with van der Waals surface area (Å²) in [5.41, 5.74) is 7.99. The smallest absolute Gasteiger partial charge is 0.245 e. The SMILES string of the molecule is CCCCCC(CCCCC)NOCC(N)=O. The minimum Gasteiger partial charge on any atom is -0.368 e. The van der Waals surface area contributed by atoms with Crippen molar-refractivity contribution < 1.29 is 9.63 Å². The Balaban J connectivity index is 3.71. The first-order valence-corrected chi connectivity index (χ1v) is 6.86. The van der Waals surface area contributed by atoms with Gasteiger partial charge in [-0.15, -0.1) is 0 Å². The van der Waals surface area contributed by atoms with Crippen molar-refractivity contribution >= 4 is 5.91 Å². The van der Waals surface area contributed by atoms with Gasteiger partial charge < -0.3 is 5.73 Å². The maximum atomic E-state index is 10.6. The molecule has 0 aromatic heterocycles. The van der Waals surface area contributed by atoms with Crippen molar-refractivity contribution in [1.82, 2.24) is 5.48 Å². The lowest BCUT2D eigenvalue weighted by Crippen LogP contribution is -2.33. The Morgan fingerprint density at radius 2 is 1.65 bits per heavy atom. The van der Waals surface area contributed by atoms with Crippen LogP contribution in [0.1, 0.15) is 65.2 Å². The summed E-state index contributed by atoms with van der Waals surface area (Å²) in [6.45, 7) is 4.35. The Hall–Kier alpha value is -0.610. The second-order valence-electron chi connectivity index (χ2n) is 4.56. The second kappa shape index (κ2) is 11.9. The summed E-state index contributed by atoms with van der Waals surface area (Å²) in [6.07, 6.45) is 9.59. The third kappa shape index (κ3) is 11.6. The van der Waals surface area contributed by atoms with Gasteiger partial charge in [0.25, 0.3) is 0 Å². The normalized spacial score (nSPS) is 11.0. The number of nitrogens with one attached hydrogen (secondary N) is 1. The predicted octanol–water partition coefficient (Wildman–Crippen LogP) is 2.52. The first-order valence-electron chi connectivity index (χ1n) is 6.86. The number of rotatable bonds is 12. The third-order valence-electron chi connectivity index (χ3n) is 2.78. The number of hydroxylamine groups is 1. The van der Waals surface area contributed by atoms with E-state index in [2.05, 4.69) is 19.3 Å². The highest BCUT2D eigenvalue weighted by Gasteiger charge is 2.08. The highest BCUT2D eigenvalue weighted by Crippen LogP contribution is 2.10. The van der Waals surface area contributed by atoms with Gasteiger partial charge in [-0.2, -0.15) is 5.48 Å². The predicted molar refractivity (Wildman–Crippen MR) is 70.4 cm³/mol. The van der Waals surface area contributed by atoms with E-state index in [1.807, 2.05) is 0 Å². The van der Waals surface area contributed by atoms with Gasteiger partial charge in [0, 0.05) is 6.04 Å². The lowest BCUT2D eigenvalue weighted by atomic mass is 10.0. The Morgan fingerprint density at radius 1 is 1.12 bits per heavy atom. The van der Waals surface area contributed by atoms with Crippen molar-refractivity contribution in [3.05, 3.63) is 0 Å². The molecule has 0 fully saturated rings. The van der Waals surface area contributed by atoms with Crippen LogP contribution in [0.15, 0.2) is 0 Å². The van der Waals surface area contributed by atoms with Crippen LogP contribution < -0.4 is 11.2 Å². The first-order chi connectivity index (χ1) is 8.20. The molecule has 3 N–H and O–H groups in total. The first kappa shape index (κ1) is 16.4. The van der Waals surface area contributed by atoms with Gasteiger partial charge in [0.05, 0.1) is 0 Å². The van der Waals surface area contributed by atoms with Gasteiger partial charge in [0.15, 0.2) is 0 Å². The molecule has 0 aliphatic carbocycles. The topological polar surface area (TPSA) is 64.3 Å². The summed E-state index contributed by atoms with van der Waals surface area (Å²) >= 11 is 0. The fourth-order valence-electron chi connectivity index (χ4n) is 1.77. The summed E-state index contributed by atoms with van der Waals surface area (Å²) < 4.78 is 0. The second-order valence-corrected chi connectivity index (χ2v) is 4.56. The van der Waals surface area contributed by atoms with E-state index < -0.39 is 5.91 Å². The minimum absolute atomic E-state index is 0.0436. The number of carbonyl (C=O) groups excluding carboxylic acids is 1. The van der Waals surface area contributed by atoms with Crippen LogP contribution >= 0.6 is 0 Å². The average molecular weight is 244 g/mol. The van der Waals surface area contributed by atoms with Gasteiger partial charge >= 0.3 is 0 Å². The van der Waals surface area contributed by atoms with Crippen LogP contribution in [-0.2, 0) is 9.63 Å². The van der Waals surface area contributed by atoms with Gasteiger partial charge in [-0.05, 0) is 12.8 Å². The Morgan fingerprint density at radius 3 is 2.06 bits per heavy atom. The molecule has 0 aromatic carbocycles. The molecular formula is C13H28N2O2. The zero-order valence-electron chi connectivity index (χ0n) is 11.3. The van der Waals surface area contributed by atoms with Crippen molar-refractivity contribution in [2.24, 2.45) is 5.73 Å². The fraction of sp³-hybridized carbons (Fsp3) is 0.923. The molecule has 0 saturated heterocycles. The molecule has 0 radical (unpaired) electrons. The molecule has 0 aliphatic rings. The van der Waals surface area contributed by atoms with Crippen LogP contribution in [0.25, 0.3) is 0 Å². The lowest BCUT2D eigenvalue weighted by Gasteiger charge is -2.17. The number of nitrogens with two attached hydrogens (primary N) is 1. The largest absolute Gasteiger partial charge is 0.368 e. The summed E-state index contributed by atoms with van der Waals surface area (Å²) in [5, 5.41) is 0. The minimum atomic E-state index is -0.432. The highest BCUT2D eigenvalue weighted by atomic mass is 16.6. The van der Waals surface area contributed by atoms with E-state index >= 15 is 0 Å². The Kier molecular flexibility index (Phi) is 11.4. The van der Waals surface area contributed by atoms with E-state index in [9.17, 15) is 4.79 Å². The summed E-state index contributed by atoms with van der Waals surface area (Å²) in [6, 6.07) is 0.354. The summed E-state index contributed by atoms with van der Waals surface area (Å²) in [4.78, 5) is 15.7. The molecule has 17 heavy (non-hydrogen) atoms. The molecule has 1 amide bonds. The molecule has 4 nitrogen and oxygen atoms in total. The molecule has 0 spiro atoms. The fourth-order valence-corrected chi connectivity index (χ4v) is 1.77. The number of hydrogen-bond donors (Lipinski definition) is 2. The number of amides is 1. The molecule has 4 heteroatoms. The zero-order chi connectivity index (χ0) is 12.9. The summed E-state index contributed by atoms with van der Waals surface area (Å²) in [5.74, 6) is -0.432. The number of hydrogen-bond acceptors (Lipinski definition) is 3. The zero-order valence-corrected chi connectivity index (χ0v) is 11.3. The van der Waals surface area contributed by atoms with E-state index in [1.165, 1.54) is 38.5 Å². The van der Waals surface area contributed by atoms with Crippen molar-refractivity contribution in [2.75, 3.05) is 6.61 Å². The quantitative estimate of drug-likeness (QED) is 0.409. The van der Waals surface area contributed by atoms with E-state index in [-0.39, 0.29) is 6.61 Å². The molecule has 0 rings (SSSR count). The van der Waals surface area contributed by atoms with Crippen LogP contribution in [0.2, 0.25) is 0 Å². The van der Waals surface area contributed by atoms with Crippen LogP contribution in [0, 0.1) is 0 Å². The van der Waals surface area contributed by atoms with E-state index in [4.69, 9.17) is 10.6 Å². The van der Waals surface area contributed by atoms with Crippen molar-refractivity contribution in [3.63, 3.8) is 0 Å². The third-order valence-corrected chi connectivity index (χ3v) is 2.78. The standard InChI is InChI=1S/C13H28N2O2/c1-3-5-7-9-12(10-8-6-4-2)15-17-11-13(14)16/h12,15H,3-11H2,1-2H3,(H2,14,16). The molecule has 0 bridgehead atoms. The molecule has 0 aromatic rings. The van der Waals surface area contributed by atoms with Crippen molar-refractivity contribution in [1.29, 1.82) is 0 Å². The van der Waals surface area contributed by atoms with Crippen LogP contribution in [0.5, 0.6) is 0 Å². The van der Waals surface area contributed by atoms with Gasteiger partial charge in [0.2, 0.25) is 5.91 Å². The highest BCUT2D eigenvalue weighted by molar-refractivity contribution is 5.74. The Bertz CT molecular complexity index is 176. The van der Waals surface area contributed by atoms with Gasteiger partial charge in [-0.1, -0.05) is 52.4 Å². The van der Waals surface area contributed by atoms with Crippen molar-refractivity contribution in [3.8, 4) is 0 Å². The van der Waals surface area contributed by atoms with Crippen LogP contribution in [0.3, 0.4) is 0 Å². The van der Waals surface area contributed by atoms with Gasteiger partial charge in [-0.25, -0.2) is 0 Å². The van der Waals surface area contributed by atoms with Gasteiger partial charge in [0.1, 0.15) is 6.61 Å². The summed E-state index contributed by atoms with van der Waals surface area (Å²) in [7, 11) is 0. The molecule has 0 aliphatic heterocycles. The van der Waals surface area contributed by atoms with Gasteiger partial charge in [-0.3, -0.25) is 9.63 Å². The average Bonchev–Trinajstić information content (AvgIpc) is 2.28. The number of primary amides is 1. The van der Waals surface area contributed by atoms with Crippen molar-refractivity contribution in [2.45, 2.75) is 71.3 Å². The molecular weight excluding hydrogens is 216 g/mol. The molecule has 0 heterocycles. The van der Waals surface area contributed by atoms with Crippen LogP contribution in [0.4, 0.5) is 0 Å². The maximum Gasteiger partial charge on any atom is 0.245 e. The molecule has 0 saturated carbocycles. The maximum absolute atomic E-state index is 10.6. The Labute approximate surface area is 105 Å². The number of unbranched alkanes of at least 4 members (excludes halogenated alkanes) is 4. The molecule has 102 valence electrons. The number of carbonyl (C=O) groups is 1. The van der Waals surface area contributed by atoms with E-state index in [0.29, 0.717) is 6.04 Å².